The first-order chi connectivity index (χ1) is 13.0. The molecule has 5 heteroatoms. The summed E-state index contributed by atoms with van der Waals surface area (Å²) >= 11 is 0. The second-order valence-corrected chi connectivity index (χ2v) is 7.73. The second kappa shape index (κ2) is 8.46. The molecule has 1 saturated heterocycles. The summed E-state index contributed by atoms with van der Waals surface area (Å²) in [5.41, 5.74) is 1.93. The summed E-state index contributed by atoms with van der Waals surface area (Å²) in [7, 11) is 0. The van der Waals surface area contributed by atoms with Crippen molar-refractivity contribution in [3.63, 3.8) is 0 Å². The van der Waals surface area contributed by atoms with Crippen LogP contribution >= 0.6 is 0 Å². The number of nitrogens with one attached hydrogen (secondary N) is 1. The third-order valence-electron chi connectivity index (χ3n) is 5.45. The highest BCUT2D eigenvalue weighted by atomic mass is 16.3. The van der Waals surface area contributed by atoms with E-state index in [2.05, 4.69) is 23.2 Å². The van der Waals surface area contributed by atoms with Crippen LogP contribution in [0, 0.1) is 29.1 Å². The van der Waals surface area contributed by atoms with Crippen molar-refractivity contribution in [3.05, 3.63) is 35.4 Å². The standard InChI is InChI=1S/C22H27N3O2/c1-15(2)24-22(27)25-19(13-23)21(20(25)14-26)18-11-9-17(10-12-18)8-7-16-5-3-4-6-16/h9-12,15-16,19-21,26H,3-6,14H2,1-2H3,(H,24,27)/t19-,20-,21-/m0/s1. The molecule has 0 unspecified atom stereocenters. The number of urea groups is 1. The SMILES string of the molecule is CC(C)NC(=O)N1[C@@H](C#N)[C@H](c2ccc(C#CC3CCCC3)cc2)[C@@H]1CO. The van der Waals surface area contributed by atoms with Crippen LogP contribution in [0.15, 0.2) is 24.3 Å². The molecule has 2 N–H and O–H groups in total. The van der Waals surface area contributed by atoms with Crippen molar-refractivity contribution < 1.29 is 9.90 Å². The number of aliphatic hydroxyl groups excluding tert-OH is 1. The summed E-state index contributed by atoms with van der Waals surface area (Å²) in [5, 5.41) is 22.2. The molecular formula is C22H27N3O2. The van der Waals surface area contributed by atoms with Gasteiger partial charge in [-0.1, -0.05) is 36.8 Å². The van der Waals surface area contributed by atoms with Crippen molar-refractivity contribution in [2.24, 2.45) is 5.92 Å². The number of carbonyl (C=O) groups is 1. The van der Waals surface area contributed by atoms with Gasteiger partial charge >= 0.3 is 6.03 Å². The Bertz CT molecular complexity index is 763. The third-order valence-corrected chi connectivity index (χ3v) is 5.45. The van der Waals surface area contributed by atoms with Crippen molar-refractivity contribution in [1.29, 1.82) is 5.26 Å². The predicted octanol–water partition coefficient (Wildman–Crippen LogP) is 3.00. The number of nitrogens with zero attached hydrogens (tertiary/aromatic N) is 2. The average molecular weight is 365 g/mol. The van der Waals surface area contributed by atoms with Gasteiger partial charge in [0.15, 0.2) is 0 Å². The fourth-order valence-corrected chi connectivity index (χ4v) is 4.05. The molecule has 2 fully saturated rings. The summed E-state index contributed by atoms with van der Waals surface area (Å²) < 4.78 is 0. The minimum absolute atomic E-state index is 0.0204. The maximum atomic E-state index is 12.4. The molecule has 2 amide bonds. The highest BCUT2D eigenvalue weighted by Crippen LogP contribution is 2.40. The number of aliphatic hydroxyl groups is 1. The van der Waals surface area contributed by atoms with Crippen molar-refractivity contribution in [2.45, 2.75) is 63.6 Å². The molecule has 0 aromatic heterocycles. The van der Waals surface area contributed by atoms with E-state index >= 15 is 0 Å². The summed E-state index contributed by atoms with van der Waals surface area (Å²) in [5.74, 6) is 6.93. The number of rotatable bonds is 3. The van der Waals surface area contributed by atoms with Gasteiger partial charge in [0, 0.05) is 23.4 Å². The lowest BCUT2D eigenvalue weighted by molar-refractivity contribution is 0.0162. The zero-order chi connectivity index (χ0) is 19.4. The van der Waals surface area contributed by atoms with Crippen LogP contribution < -0.4 is 5.32 Å². The molecular weight excluding hydrogens is 338 g/mol. The van der Waals surface area contributed by atoms with Crippen LogP contribution in [-0.2, 0) is 0 Å². The van der Waals surface area contributed by atoms with E-state index in [1.807, 2.05) is 38.1 Å². The van der Waals surface area contributed by atoms with E-state index in [9.17, 15) is 15.2 Å². The average Bonchev–Trinajstić information content (AvgIpc) is 3.14. The molecule has 3 rings (SSSR count). The van der Waals surface area contributed by atoms with Crippen LogP contribution in [-0.4, -0.2) is 40.8 Å². The Morgan fingerprint density at radius 1 is 1.30 bits per heavy atom. The number of hydrogen-bond acceptors (Lipinski definition) is 3. The molecule has 0 radical (unpaired) electrons. The van der Waals surface area contributed by atoms with Gasteiger partial charge in [-0.2, -0.15) is 5.26 Å². The summed E-state index contributed by atoms with van der Waals surface area (Å²) in [6.45, 7) is 3.57. The van der Waals surface area contributed by atoms with Crippen LogP contribution in [0.4, 0.5) is 4.79 Å². The fourth-order valence-electron chi connectivity index (χ4n) is 4.05. The van der Waals surface area contributed by atoms with Crippen molar-refractivity contribution in [3.8, 4) is 17.9 Å². The topological polar surface area (TPSA) is 76.4 Å². The maximum Gasteiger partial charge on any atom is 0.319 e. The quantitative estimate of drug-likeness (QED) is 0.809. The number of nitriles is 1. The zero-order valence-electron chi connectivity index (χ0n) is 16.0. The molecule has 142 valence electrons. The highest BCUT2D eigenvalue weighted by molar-refractivity contribution is 5.77. The van der Waals surface area contributed by atoms with Gasteiger partial charge < -0.3 is 15.3 Å². The van der Waals surface area contributed by atoms with Gasteiger partial charge in [0.05, 0.1) is 18.7 Å². The molecule has 1 aromatic carbocycles. The van der Waals surface area contributed by atoms with Crippen LogP contribution in [0.3, 0.4) is 0 Å². The van der Waals surface area contributed by atoms with E-state index in [4.69, 9.17) is 0 Å². The van der Waals surface area contributed by atoms with Gasteiger partial charge in [-0.3, -0.25) is 0 Å². The summed E-state index contributed by atoms with van der Waals surface area (Å²) in [6, 6.07) is 8.81. The molecule has 27 heavy (non-hydrogen) atoms. The first-order valence-electron chi connectivity index (χ1n) is 9.76. The Balaban J connectivity index is 1.73. The van der Waals surface area contributed by atoms with Crippen LogP contribution in [0.5, 0.6) is 0 Å². The van der Waals surface area contributed by atoms with Gasteiger partial charge in [-0.05, 0) is 44.4 Å². The Morgan fingerprint density at radius 3 is 2.52 bits per heavy atom. The van der Waals surface area contributed by atoms with E-state index in [1.165, 1.54) is 30.6 Å². The van der Waals surface area contributed by atoms with Crippen molar-refractivity contribution in [1.82, 2.24) is 10.2 Å². The number of hydrogen-bond donors (Lipinski definition) is 2. The third kappa shape index (κ3) is 4.10. The molecule has 0 spiro atoms. The van der Waals surface area contributed by atoms with E-state index in [1.54, 1.807) is 0 Å². The van der Waals surface area contributed by atoms with Crippen molar-refractivity contribution in [2.75, 3.05) is 6.61 Å². The predicted molar refractivity (Wildman–Crippen MR) is 104 cm³/mol. The first kappa shape index (κ1) is 19.3. The first-order valence-corrected chi connectivity index (χ1v) is 9.76. The lowest BCUT2D eigenvalue weighted by Gasteiger charge is -2.51. The molecule has 1 aliphatic heterocycles. The minimum Gasteiger partial charge on any atom is -0.394 e. The van der Waals surface area contributed by atoms with E-state index in [-0.39, 0.29) is 30.6 Å². The molecule has 1 heterocycles. The largest absolute Gasteiger partial charge is 0.394 e. The van der Waals surface area contributed by atoms with Gasteiger partial charge in [-0.25, -0.2) is 4.79 Å². The lowest BCUT2D eigenvalue weighted by atomic mass is 9.76. The van der Waals surface area contributed by atoms with Crippen molar-refractivity contribution >= 4 is 6.03 Å². The van der Waals surface area contributed by atoms with E-state index in [0.717, 1.165) is 11.1 Å². The number of carbonyl (C=O) groups excluding carboxylic acids is 1. The minimum atomic E-state index is -0.573. The smallest absolute Gasteiger partial charge is 0.319 e. The number of amides is 2. The molecule has 2 aliphatic rings. The van der Waals surface area contributed by atoms with E-state index < -0.39 is 6.04 Å². The normalized spacial score (nSPS) is 24.7. The molecule has 1 aromatic rings. The Kier molecular flexibility index (Phi) is 6.04. The molecule has 1 saturated carbocycles. The monoisotopic (exact) mass is 365 g/mol. The van der Waals surface area contributed by atoms with Crippen LogP contribution in [0.2, 0.25) is 0 Å². The zero-order valence-corrected chi connectivity index (χ0v) is 16.0. The Labute approximate surface area is 161 Å². The Hall–Kier alpha value is -2.50. The molecule has 0 bridgehead atoms. The molecule has 5 nitrogen and oxygen atoms in total. The highest BCUT2D eigenvalue weighted by Gasteiger charge is 2.51. The lowest BCUT2D eigenvalue weighted by Crippen LogP contribution is -2.67. The molecule has 1 aliphatic carbocycles. The summed E-state index contributed by atoms with van der Waals surface area (Å²) in [4.78, 5) is 13.8. The molecule has 3 atom stereocenters. The Morgan fingerprint density at radius 2 is 1.96 bits per heavy atom. The fraction of sp³-hybridized carbons (Fsp3) is 0.545. The van der Waals surface area contributed by atoms with Gasteiger partial charge in [0.1, 0.15) is 6.04 Å². The number of likely N-dealkylation sites (tertiary alicyclic amines) is 1. The maximum absolute atomic E-state index is 12.4. The van der Waals surface area contributed by atoms with Crippen LogP contribution in [0.25, 0.3) is 0 Å². The second-order valence-electron chi connectivity index (χ2n) is 7.73. The van der Waals surface area contributed by atoms with Gasteiger partial charge in [0.2, 0.25) is 0 Å². The van der Waals surface area contributed by atoms with E-state index in [0.29, 0.717) is 5.92 Å². The van der Waals surface area contributed by atoms with Gasteiger partial charge in [0.25, 0.3) is 0 Å². The van der Waals surface area contributed by atoms with Gasteiger partial charge in [-0.15, -0.1) is 0 Å². The number of benzene rings is 1. The summed E-state index contributed by atoms with van der Waals surface area (Å²) in [6.07, 6.45) is 4.95. The van der Waals surface area contributed by atoms with Crippen LogP contribution in [0.1, 0.15) is 56.6 Å².